The summed E-state index contributed by atoms with van der Waals surface area (Å²) in [6.45, 7) is 9.68. The number of rotatable bonds is 8. The van der Waals surface area contributed by atoms with E-state index in [-0.39, 0.29) is 5.56 Å². The number of aryl methyl sites for hydroxylation is 5. The summed E-state index contributed by atoms with van der Waals surface area (Å²) < 4.78 is 18.1. The molecule has 5 aromatic rings. The second-order valence-corrected chi connectivity index (χ2v) is 9.47. The molecule has 0 aliphatic carbocycles. The highest BCUT2D eigenvalue weighted by molar-refractivity contribution is 5.79. The van der Waals surface area contributed by atoms with Crippen molar-refractivity contribution in [3.8, 4) is 22.8 Å². The number of benzene rings is 2. The van der Waals surface area contributed by atoms with E-state index in [1.165, 1.54) is 17.2 Å². The maximum atomic E-state index is 13.2. The monoisotopic (exact) mass is 515 g/mol. The van der Waals surface area contributed by atoms with Gasteiger partial charge in [-0.15, -0.1) is 0 Å². The van der Waals surface area contributed by atoms with Gasteiger partial charge in [0.2, 0.25) is 5.78 Å². The summed E-state index contributed by atoms with van der Waals surface area (Å²) in [4.78, 5) is 30.7. The molecule has 0 aliphatic heterocycles. The largest absolute Gasteiger partial charge is 0.490 e. The molecule has 9 nitrogen and oxygen atoms in total. The zero-order chi connectivity index (χ0) is 27.1. The van der Waals surface area contributed by atoms with E-state index in [0.29, 0.717) is 43.1 Å². The number of ether oxygens (including phenoxy) is 2. The Morgan fingerprint density at radius 2 is 1.55 bits per heavy atom. The third-order valence-corrected chi connectivity index (χ3v) is 6.99. The molecule has 0 spiro atoms. The smallest absolute Gasteiger partial charge is 0.332 e. The quantitative estimate of drug-likeness (QED) is 0.312. The van der Waals surface area contributed by atoms with E-state index in [9.17, 15) is 9.59 Å². The Morgan fingerprint density at radius 3 is 2.24 bits per heavy atom. The zero-order valence-electron chi connectivity index (χ0n) is 22.7. The molecule has 0 fully saturated rings. The summed E-state index contributed by atoms with van der Waals surface area (Å²) in [6, 6.07) is 14.4. The normalized spacial score (nSPS) is 11.5. The van der Waals surface area contributed by atoms with Gasteiger partial charge in [-0.05, 0) is 51.8 Å². The van der Waals surface area contributed by atoms with Crippen LogP contribution in [0.1, 0.15) is 30.7 Å². The maximum Gasteiger partial charge on any atom is 0.332 e. The highest BCUT2D eigenvalue weighted by Crippen LogP contribution is 2.32. The van der Waals surface area contributed by atoms with Gasteiger partial charge in [-0.3, -0.25) is 18.3 Å². The Balaban J connectivity index is 1.69. The van der Waals surface area contributed by atoms with Gasteiger partial charge in [-0.25, -0.2) is 4.79 Å². The van der Waals surface area contributed by atoms with Crippen LogP contribution in [0.25, 0.3) is 28.2 Å². The second-order valence-electron chi connectivity index (χ2n) is 9.47. The van der Waals surface area contributed by atoms with Crippen molar-refractivity contribution in [3.05, 3.63) is 80.1 Å². The molecule has 0 amide bonds. The minimum Gasteiger partial charge on any atom is -0.490 e. The molecule has 5 rings (SSSR count). The van der Waals surface area contributed by atoms with Gasteiger partial charge in [0.1, 0.15) is 0 Å². The molecule has 0 saturated carbocycles. The number of aromatic nitrogens is 5. The van der Waals surface area contributed by atoms with Gasteiger partial charge in [0.25, 0.3) is 5.56 Å². The lowest BCUT2D eigenvalue weighted by atomic mass is 10.1. The molecule has 0 N–H and O–H groups in total. The molecule has 0 atom stereocenters. The number of hydrogen-bond donors (Lipinski definition) is 0. The lowest BCUT2D eigenvalue weighted by molar-refractivity contribution is 0.287. The van der Waals surface area contributed by atoms with Crippen molar-refractivity contribution in [1.82, 2.24) is 23.1 Å². The van der Waals surface area contributed by atoms with E-state index in [2.05, 4.69) is 35.8 Å². The molecule has 0 bridgehead atoms. The van der Waals surface area contributed by atoms with Crippen LogP contribution in [0.3, 0.4) is 0 Å². The SMILES string of the molecule is CCOc1ccc(CCn2c(-c3ccc(C)cc3)c(C)n3c4c(=O)n(C)c(=O)n(C)c4nc23)cc1OCC. The summed E-state index contributed by atoms with van der Waals surface area (Å²) in [6.07, 6.45) is 0.704. The second kappa shape index (κ2) is 9.89. The average molecular weight is 516 g/mol. The van der Waals surface area contributed by atoms with Crippen LogP contribution in [0.4, 0.5) is 0 Å². The number of fused-ring (bicyclic) bond motifs is 3. The lowest BCUT2D eigenvalue weighted by Gasteiger charge is -2.14. The van der Waals surface area contributed by atoms with Crippen LogP contribution in [0.15, 0.2) is 52.1 Å². The van der Waals surface area contributed by atoms with Gasteiger partial charge in [0.15, 0.2) is 22.7 Å². The van der Waals surface area contributed by atoms with E-state index in [1.807, 2.05) is 43.4 Å². The van der Waals surface area contributed by atoms with Crippen LogP contribution in [-0.2, 0) is 27.1 Å². The van der Waals surface area contributed by atoms with E-state index in [1.54, 1.807) is 7.05 Å². The Labute approximate surface area is 220 Å². The fourth-order valence-corrected chi connectivity index (χ4v) is 5.06. The minimum absolute atomic E-state index is 0.362. The minimum atomic E-state index is -0.399. The maximum absolute atomic E-state index is 13.2. The molecule has 0 aliphatic rings. The summed E-state index contributed by atoms with van der Waals surface area (Å²) in [7, 11) is 3.14. The van der Waals surface area contributed by atoms with Crippen molar-refractivity contribution < 1.29 is 9.47 Å². The van der Waals surface area contributed by atoms with Crippen LogP contribution < -0.4 is 20.7 Å². The number of hydrogen-bond acceptors (Lipinski definition) is 5. The van der Waals surface area contributed by atoms with Crippen LogP contribution in [0.2, 0.25) is 0 Å². The molecule has 0 saturated heterocycles. The molecule has 3 heterocycles. The van der Waals surface area contributed by atoms with Crippen molar-refractivity contribution in [1.29, 1.82) is 0 Å². The first-order valence-electron chi connectivity index (χ1n) is 12.9. The van der Waals surface area contributed by atoms with Crippen LogP contribution in [0.5, 0.6) is 11.5 Å². The van der Waals surface area contributed by atoms with Crippen molar-refractivity contribution >= 4 is 16.9 Å². The Bertz CT molecular complexity index is 1770. The van der Waals surface area contributed by atoms with Crippen LogP contribution in [-0.4, -0.2) is 36.3 Å². The predicted octanol–water partition coefficient (Wildman–Crippen LogP) is 4.01. The third-order valence-electron chi connectivity index (χ3n) is 6.99. The molecule has 2 aromatic carbocycles. The number of imidazole rings is 2. The topological polar surface area (TPSA) is 84.7 Å². The Morgan fingerprint density at radius 1 is 0.868 bits per heavy atom. The molecule has 0 radical (unpaired) electrons. The molecule has 0 unspecified atom stereocenters. The first-order valence-corrected chi connectivity index (χ1v) is 12.9. The molecule has 3 aromatic heterocycles. The van der Waals surface area contributed by atoms with Crippen molar-refractivity contribution in [2.24, 2.45) is 14.1 Å². The highest BCUT2D eigenvalue weighted by Gasteiger charge is 2.24. The Kier molecular flexibility index (Phi) is 6.60. The fourth-order valence-electron chi connectivity index (χ4n) is 5.06. The zero-order valence-corrected chi connectivity index (χ0v) is 22.7. The summed E-state index contributed by atoms with van der Waals surface area (Å²) in [5, 5.41) is 0. The predicted molar refractivity (Wildman–Crippen MR) is 149 cm³/mol. The summed E-state index contributed by atoms with van der Waals surface area (Å²) in [5.41, 5.74) is 5.19. The van der Waals surface area contributed by atoms with Gasteiger partial charge < -0.3 is 14.0 Å². The van der Waals surface area contributed by atoms with Crippen LogP contribution in [0, 0.1) is 13.8 Å². The standard InChI is InChI=1S/C29H33N5O4/c1-7-37-22-14-11-20(17-23(22)38-8-2)15-16-33-24(21-12-9-18(3)10-13-21)19(4)34-25-26(30-28(33)34)31(5)29(36)32(6)27(25)35/h9-14,17H,7-8,15-16H2,1-6H3. The fraction of sp³-hybridized carbons (Fsp3) is 0.345. The lowest BCUT2D eigenvalue weighted by Crippen LogP contribution is -2.37. The Hall–Kier alpha value is -4.27. The molecular weight excluding hydrogens is 482 g/mol. The van der Waals surface area contributed by atoms with E-state index < -0.39 is 5.69 Å². The van der Waals surface area contributed by atoms with Gasteiger partial charge in [0.05, 0.1) is 18.9 Å². The first-order chi connectivity index (χ1) is 18.3. The summed E-state index contributed by atoms with van der Waals surface area (Å²) in [5.74, 6) is 2.08. The molecule has 38 heavy (non-hydrogen) atoms. The third kappa shape index (κ3) is 4.08. The van der Waals surface area contributed by atoms with Crippen molar-refractivity contribution in [2.45, 2.75) is 40.7 Å². The van der Waals surface area contributed by atoms with Gasteiger partial charge in [-0.2, -0.15) is 4.98 Å². The van der Waals surface area contributed by atoms with E-state index >= 15 is 0 Å². The molecule has 198 valence electrons. The first kappa shape index (κ1) is 25.4. The summed E-state index contributed by atoms with van der Waals surface area (Å²) >= 11 is 0. The molecular formula is C29H33N5O4. The van der Waals surface area contributed by atoms with E-state index in [0.717, 1.165) is 38.6 Å². The number of nitrogens with zero attached hydrogens (tertiary/aromatic N) is 5. The average Bonchev–Trinajstić information content (AvgIpc) is 3.42. The molecule has 9 heteroatoms. The van der Waals surface area contributed by atoms with Crippen molar-refractivity contribution in [3.63, 3.8) is 0 Å². The highest BCUT2D eigenvalue weighted by atomic mass is 16.5. The van der Waals surface area contributed by atoms with Gasteiger partial charge in [-0.1, -0.05) is 35.9 Å². The van der Waals surface area contributed by atoms with E-state index in [4.69, 9.17) is 14.5 Å². The van der Waals surface area contributed by atoms with Crippen LogP contribution >= 0.6 is 0 Å². The van der Waals surface area contributed by atoms with Crippen molar-refractivity contribution in [2.75, 3.05) is 13.2 Å². The van der Waals surface area contributed by atoms with Gasteiger partial charge >= 0.3 is 5.69 Å². The van der Waals surface area contributed by atoms with Gasteiger partial charge in [0, 0.05) is 31.9 Å².